The van der Waals surface area contributed by atoms with Crippen LogP contribution in [0.1, 0.15) is 22.0 Å². The second kappa shape index (κ2) is 5.85. The van der Waals surface area contributed by atoms with Gasteiger partial charge in [0.05, 0.1) is 16.6 Å². The molecule has 7 heteroatoms. The van der Waals surface area contributed by atoms with Crippen molar-refractivity contribution in [1.29, 1.82) is 0 Å². The van der Waals surface area contributed by atoms with Gasteiger partial charge < -0.3 is 10.2 Å². The van der Waals surface area contributed by atoms with E-state index >= 15 is 0 Å². The van der Waals surface area contributed by atoms with Crippen LogP contribution in [0.2, 0.25) is 0 Å². The van der Waals surface area contributed by atoms with Gasteiger partial charge in [-0.15, -0.1) is 0 Å². The minimum Gasteiger partial charge on any atom is -0.389 e. The Morgan fingerprint density at radius 3 is 2.59 bits per heavy atom. The number of nitrogens with zero attached hydrogens (tertiary/aromatic N) is 1. The van der Waals surface area contributed by atoms with Crippen LogP contribution < -0.4 is 0 Å². The number of alkyl halides is 1. The highest BCUT2D eigenvalue weighted by molar-refractivity contribution is 9.09. The van der Waals surface area contributed by atoms with Gasteiger partial charge in [0.15, 0.2) is 6.29 Å². The number of nitro groups is 1. The highest BCUT2D eigenvalue weighted by Crippen LogP contribution is 2.25. The zero-order chi connectivity index (χ0) is 13.0. The van der Waals surface area contributed by atoms with Crippen LogP contribution in [0.4, 0.5) is 5.69 Å². The van der Waals surface area contributed by atoms with Crippen molar-refractivity contribution < 1.29 is 19.9 Å². The molecule has 1 aromatic rings. The van der Waals surface area contributed by atoms with Gasteiger partial charge in [-0.2, -0.15) is 0 Å². The van der Waals surface area contributed by atoms with Crippen LogP contribution >= 0.6 is 15.9 Å². The lowest BCUT2D eigenvalue weighted by Crippen LogP contribution is -2.19. The van der Waals surface area contributed by atoms with E-state index in [-0.39, 0.29) is 16.5 Å². The molecule has 0 aliphatic heterocycles. The standard InChI is InChI=1S/C10H10BrNO5/c11-4-9(14)10(15)6-1-2-7(5-13)8(3-6)12(16)17/h1-3,5,9-10,14-15H,4H2. The smallest absolute Gasteiger partial charge is 0.280 e. The molecule has 2 N–H and O–H groups in total. The summed E-state index contributed by atoms with van der Waals surface area (Å²) in [7, 11) is 0. The van der Waals surface area contributed by atoms with Crippen molar-refractivity contribution in [2.75, 3.05) is 5.33 Å². The van der Waals surface area contributed by atoms with Crippen molar-refractivity contribution in [2.45, 2.75) is 12.2 Å². The molecule has 0 aromatic heterocycles. The van der Waals surface area contributed by atoms with Gasteiger partial charge in [0.2, 0.25) is 0 Å². The number of hydrogen-bond acceptors (Lipinski definition) is 5. The van der Waals surface area contributed by atoms with Crippen molar-refractivity contribution in [1.82, 2.24) is 0 Å². The molecule has 6 nitrogen and oxygen atoms in total. The molecule has 0 saturated carbocycles. The molecule has 0 aliphatic carbocycles. The monoisotopic (exact) mass is 303 g/mol. The molecule has 0 aliphatic rings. The summed E-state index contributed by atoms with van der Waals surface area (Å²) in [5, 5.41) is 29.9. The normalized spacial score (nSPS) is 14.1. The summed E-state index contributed by atoms with van der Waals surface area (Å²) >= 11 is 2.99. The lowest BCUT2D eigenvalue weighted by molar-refractivity contribution is -0.385. The Morgan fingerprint density at radius 1 is 1.47 bits per heavy atom. The van der Waals surface area contributed by atoms with E-state index in [1.807, 2.05) is 0 Å². The number of aldehydes is 1. The minimum absolute atomic E-state index is 0.0701. The predicted molar refractivity (Wildman–Crippen MR) is 63.2 cm³/mol. The maximum absolute atomic E-state index is 10.7. The summed E-state index contributed by atoms with van der Waals surface area (Å²) in [6.45, 7) is 0. The van der Waals surface area contributed by atoms with E-state index in [1.54, 1.807) is 0 Å². The fourth-order valence-electron chi connectivity index (χ4n) is 1.31. The molecule has 92 valence electrons. The first kappa shape index (κ1) is 13.8. The quantitative estimate of drug-likeness (QED) is 0.368. The number of halogens is 1. The molecule has 2 unspecified atom stereocenters. The molecular weight excluding hydrogens is 294 g/mol. The Hall–Kier alpha value is -1.31. The van der Waals surface area contributed by atoms with E-state index in [0.717, 1.165) is 6.07 Å². The molecular formula is C10H10BrNO5. The van der Waals surface area contributed by atoms with Gasteiger partial charge in [0.25, 0.3) is 5.69 Å². The van der Waals surface area contributed by atoms with Gasteiger partial charge in [-0.25, -0.2) is 0 Å². The number of rotatable bonds is 5. The molecule has 0 amide bonds. The molecule has 0 heterocycles. The Labute approximate surface area is 105 Å². The largest absolute Gasteiger partial charge is 0.389 e. The third-order valence-electron chi connectivity index (χ3n) is 2.24. The van der Waals surface area contributed by atoms with Crippen LogP contribution in [0.25, 0.3) is 0 Å². The van der Waals surface area contributed by atoms with Crippen molar-refractivity contribution in [3.05, 3.63) is 39.4 Å². The number of nitro benzene ring substituents is 1. The number of aliphatic hydroxyl groups is 2. The maximum Gasteiger partial charge on any atom is 0.280 e. The average molecular weight is 304 g/mol. The van der Waals surface area contributed by atoms with Gasteiger partial charge in [-0.05, 0) is 11.6 Å². The number of hydrogen-bond donors (Lipinski definition) is 2. The van der Waals surface area contributed by atoms with E-state index in [9.17, 15) is 25.1 Å². The molecule has 0 bridgehead atoms. The Bertz CT molecular complexity index is 437. The van der Waals surface area contributed by atoms with E-state index < -0.39 is 22.8 Å². The third-order valence-corrected chi connectivity index (χ3v) is 2.91. The number of benzene rings is 1. The first-order valence-corrected chi connectivity index (χ1v) is 5.79. The van der Waals surface area contributed by atoms with Crippen LogP contribution in [0.5, 0.6) is 0 Å². The fourth-order valence-corrected chi connectivity index (χ4v) is 1.66. The number of carbonyl (C=O) groups excluding carboxylic acids is 1. The van der Waals surface area contributed by atoms with E-state index in [2.05, 4.69) is 15.9 Å². The fraction of sp³-hybridized carbons (Fsp3) is 0.300. The van der Waals surface area contributed by atoms with Crippen LogP contribution in [-0.4, -0.2) is 32.9 Å². The molecule has 0 saturated heterocycles. The highest BCUT2D eigenvalue weighted by Gasteiger charge is 2.21. The van der Waals surface area contributed by atoms with E-state index in [1.165, 1.54) is 12.1 Å². The summed E-state index contributed by atoms with van der Waals surface area (Å²) in [5.41, 5.74) is -0.271. The first-order chi connectivity index (χ1) is 8.01. The minimum atomic E-state index is -1.24. The second-order valence-corrected chi connectivity index (χ2v) is 4.01. The van der Waals surface area contributed by atoms with Gasteiger partial charge in [-0.3, -0.25) is 14.9 Å². The molecule has 2 atom stereocenters. The van der Waals surface area contributed by atoms with E-state index in [4.69, 9.17) is 0 Å². The Kier molecular flexibility index (Phi) is 4.73. The lowest BCUT2D eigenvalue weighted by Gasteiger charge is -2.15. The zero-order valence-corrected chi connectivity index (χ0v) is 10.2. The second-order valence-electron chi connectivity index (χ2n) is 3.36. The Balaban J connectivity index is 3.16. The first-order valence-electron chi connectivity index (χ1n) is 4.67. The predicted octanol–water partition coefficient (Wildman–Crippen LogP) is 1.20. The van der Waals surface area contributed by atoms with Crippen molar-refractivity contribution in [3.63, 3.8) is 0 Å². The topological polar surface area (TPSA) is 101 Å². The highest BCUT2D eigenvalue weighted by atomic mass is 79.9. The molecule has 17 heavy (non-hydrogen) atoms. The van der Waals surface area contributed by atoms with Crippen molar-refractivity contribution in [3.8, 4) is 0 Å². The van der Waals surface area contributed by atoms with Crippen molar-refractivity contribution >= 4 is 27.9 Å². The molecule has 1 rings (SSSR count). The van der Waals surface area contributed by atoms with Crippen LogP contribution in [0.15, 0.2) is 18.2 Å². The molecule has 0 fully saturated rings. The summed E-state index contributed by atoms with van der Waals surface area (Å²) < 4.78 is 0. The average Bonchev–Trinajstić information content (AvgIpc) is 2.35. The summed E-state index contributed by atoms with van der Waals surface area (Å²) in [4.78, 5) is 20.6. The lowest BCUT2D eigenvalue weighted by atomic mass is 10.0. The number of carbonyl (C=O) groups is 1. The third kappa shape index (κ3) is 3.09. The SMILES string of the molecule is O=Cc1ccc(C(O)C(O)CBr)cc1[N+](=O)[O-]. The van der Waals surface area contributed by atoms with Gasteiger partial charge in [0.1, 0.15) is 6.10 Å². The van der Waals surface area contributed by atoms with Gasteiger partial charge in [-0.1, -0.05) is 22.0 Å². The Morgan fingerprint density at radius 2 is 2.12 bits per heavy atom. The van der Waals surface area contributed by atoms with Gasteiger partial charge >= 0.3 is 0 Å². The van der Waals surface area contributed by atoms with Crippen LogP contribution in [0, 0.1) is 10.1 Å². The molecule has 0 radical (unpaired) electrons. The maximum atomic E-state index is 10.7. The van der Waals surface area contributed by atoms with E-state index in [0.29, 0.717) is 6.29 Å². The number of aliphatic hydroxyl groups excluding tert-OH is 2. The van der Waals surface area contributed by atoms with Gasteiger partial charge in [0, 0.05) is 11.4 Å². The zero-order valence-electron chi connectivity index (χ0n) is 8.62. The van der Waals surface area contributed by atoms with Crippen molar-refractivity contribution in [2.24, 2.45) is 0 Å². The molecule has 1 aromatic carbocycles. The van der Waals surface area contributed by atoms with Crippen LogP contribution in [0.3, 0.4) is 0 Å². The summed E-state index contributed by atoms with van der Waals surface area (Å²) in [6.07, 6.45) is -1.94. The van der Waals surface area contributed by atoms with Crippen LogP contribution in [-0.2, 0) is 0 Å². The summed E-state index contributed by atoms with van der Waals surface area (Å²) in [5.74, 6) is 0. The summed E-state index contributed by atoms with van der Waals surface area (Å²) in [6, 6.07) is 3.69. The molecule has 0 spiro atoms.